The Hall–Kier alpha value is -1.09. The number of unbranched alkanes of at least 4 members (excludes halogenated alkanes) is 1. The molecule has 1 aromatic carbocycles. The zero-order valence-corrected chi connectivity index (χ0v) is 12.7. The van der Waals surface area contributed by atoms with Crippen LogP contribution in [0.5, 0.6) is 0 Å². The number of hydrogen-bond acceptors (Lipinski definition) is 2. The number of halogens is 1. The third-order valence-corrected chi connectivity index (χ3v) is 3.48. The van der Waals surface area contributed by atoms with Gasteiger partial charge >= 0.3 is 0 Å². The lowest BCUT2D eigenvalue weighted by atomic mass is 10.0. The van der Waals surface area contributed by atoms with Crippen molar-refractivity contribution in [1.82, 2.24) is 5.32 Å². The molecular weight excluding hydrogens is 239 g/mol. The minimum absolute atomic E-state index is 0.0388. The smallest absolute Gasteiger partial charge is 0.130 e. The van der Waals surface area contributed by atoms with E-state index in [1.54, 1.807) is 12.1 Å². The lowest BCUT2D eigenvalue weighted by Crippen LogP contribution is -2.28. The Kier molecular flexibility index (Phi) is 6.85. The molecule has 0 fully saturated rings. The van der Waals surface area contributed by atoms with E-state index >= 15 is 0 Å². The summed E-state index contributed by atoms with van der Waals surface area (Å²) in [5, 5.41) is 3.31. The minimum atomic E-state index is -0.110. The van der Waals surface area contributed by atoms with E-state index in [9.17, 15) is 4.39 Å². The van der Waals surface area contributed by atoms with Gasteiger partial charge in [-0.1, -0.05) is 26.3 Å². The molecule has 1 aromatic rings. The maximum absolute atomic E-state index is 14.2. The zero-order chi connectivity index (χ0) is 14.3. The molecule has 1 atom stereocenters. The number of benzene rings is 1. The Morgan fingerprint density at radius 2 is 2.00 bits per heavy atom. The highest BCUT2D eigenvalue weighted by Crippen LogP contribution is 2.29. The summed E-state index contributed by atoms with van der Waals surface area (Å²) in [5.74, 6) is -0.110. The van der Waals surface area contributed by atoms with E-state index in [2.05, 4.69) is 24.1 Å². The second-order valence-corrected chi connectivity index (χ2v) is 4.89. The summed E-state index contributed by atoms with van der Waals surface area (Å²) in [4.78, 5) is 2.27. The van der Waals surface area contributed by atoms with Gasteiger partial charge in [-0.25, -0.2) is 4.39 Å². The fraction of sp³-hybridized carbons (Fsp3) is 0.625. The number of anilines is 1. The topological polar surface area (TPSA) is 15.3 Å². The lowest BCUT2D eigenvalue weighted by Gasteiger charge is -2.28. The Bertz CT molecular complexity index is 379. The maximum Gasteiger partial charge on any atom is 0.130 e. The van der Waals surface area contributed by atoms with Gasteiger partial charge in [0.05, 0.1) is 0 Å². The molecule has 0 aliphatic carbocycles. The third-order valence-electron chi connectivity index (χ3n) is 3.48. The number of rotatable bonds is 8. The normalized spacial score (nSPS) is 12.5. The van der Waals surface area contributed by atoms with E-state index in [1.807, 2.05) is 19.9 Å². The van der Waals surface area contributed by atoms with E-state index in [4.69, 9.17) is 0 Å². The maximum atomic E-state index is 14.2. The van der Waals surface area contributed by atoms with Gasteiger partial charge in [-0.3, -0.25) is 0 Å². The summed E-state index contributed by atoms with van der Waals surface area (Å²) in [6.07, 6.45) is 2.29. The van der Waals surface area contributed by atoms with Gasteiger partial charge in [-0.2, -0.15) is 0 Å². The molecule has 2 nitrogen and oxygen atoms in total. The molecule has 3 heteroatoms. The first-order valence-corrected chi connectivity index (χ1v) is 7.42. The van der Waals surface area contributed by atoms with E-state index in [1.165, 1.54) is 0 Å². The summed E-state index contributed by atoms with van der Waals surface area (Å²) in [7, 11) is 0. The molecule has 0 saturated heterocycles. The van der Waals surface area contributed by atoms with E-state index in [0.717, 1.165) is 43.7 Å². The van der Waals surface area contributed by atoms with Crippen LogP contribution < -0.4 is 10.2 Å². The Labute approximate surface area is 117 Å². The fourth-order valence-corrected chi connectivity index (χ4v) is 2.44. The molecule has 0 bridgehead atoms. The van der Waals surface area contributed by atoms with Gasteiger partial charge < -0.3 is 10.2 Å². The third kappa shape index (κ3) is 4.20. The van der Waals surface area contributed by atoms with Crippen molar-refractivity contribution in [2.75, 3.05) is 24.5 Å². The van der Waals surface area contributed by atoms with Gasteiger partial charge in [-0.15, -0.1) is 0 Å². The van der Waals surface area contributed by atoms with Crippen molar-refractivity contribution in [2.45, 2.75) is 46.6 Å². The molecule has 0 amide bonds. The van der Waals surface area contributed by atoms with Crippen LogP contribution in [0, 0.1) is 5.82 Å². The van der Waals surface area contributed by atoms with Gasteiger partial charge in [0.25, 0.3) is 0 Å². The predicted octanol–water partition coefficient (Wildman–Crippen LogP) is 4.12. The lowest BCUT2D eigenvalue weighted by molar-refractivity contribution is 0.538. The van der Waals surface area contributed by atoms with Crippen molar-refractivity contribution in [3.8, 4) is 0 Å². The summed E-state index contributed by atoms with van der Waals surface area (Å²) in [5.41, 5.74) is 1.83. The molecule has 0 aliphatic rings. The molecule has 1 unspecified atom stereocenters. The van der Waals surface area contributed by atoms with Crippen LogP contribution in [-0.2, 0) is 0 Å². The quantitative estimate of drug-likeness (QED) is 0.761. The van der Waals surface area contributed by atoms with Crippen molar-refractivity contribution in [3.05, 3.63) is 29.6 Å². The van der Waals surface area contributed by atoms with Crippen molar-refractivity contribution in [2.24, 2.45) is 0 Å². The van der Waals surface area contributed by atoms with Crippen LogP contribution in [0.25, 0.3) is 0 Å². The van der Waals surface area contributed by atoms with Gasteiger partial charge in [-0.05, 0) is 38.9 Å². The van der Waals surface area contributed by atoms with Gasteiger partial charge in [0, 0.05) is 30.4 Å². The second-order valence-electron chi connectivity index (χ2n) is 4.89. The van der Waals surface area contributed by atoms with Crippen molar-refractivity contribution in [3.63, 3.8) is 0 Å². The average molecular weight is 266 g/mol. The molecule has 0 saturated carbocycles. The molecular formula is C16H27FN2. The largest absolute Gasteiger partial charge is 0.371 e. The standard InChI is InChI=1S/C16H27FN2/c1-5-8-12-19(7-3)15-11-9-10-14(17)16(15)13(4)18-6-2/h9-11,13,18H,5-8,12H2,1-4H3. The fourth-order valence-electron chi connectivity index (χ4n) is 2.44. The molecule has 1 N–H and O–H groups in total. The highest BCUT2D eigenvalue weighted by molar-refractivity contribution is 5.55. The van der Waals surface area contributed by atoms with E-state index in [0.29, 0.717) is 0 Å². The number of nitrogens with one attached hydrogen (secondary N) is 1. The molecule has 0 heterocycles. The summed E-state index contributed by atoms with van der Waals surface area (Å²) < 4.78 is 14.2. The first-order chi connectivity index (χ1) is 9.15. The van der Waals surface area contributed by atoms with Crippen molar-refractivity contribution >= 4 is 5.69 Å². The van der Waals surface area contributed by atoms with Crippen LogP contribution in [0.15, 0.2) is 18.2 Å². The van der Waals surface area contributed by atoms with Crippen LogP contribution in [-0.4, -0.2) is 19.6 Å². The van der Waals surface area contributed by atoms with Crippen molar-refractivity contribution in [1.29, 1.82) is 0 Å². The zero-order valence-electron chi connectivity index (χ0n) is 12.7. The van der Waals surface area contributed by atoms with Gasteiger partial charge in [0.15, 0.2) is 0 Å². The van der Waals surface area contributed by atoms with Crippen LogP contribution in [0.2, 0.25) is 0 Å². The summed E-state index contributed by atoms with van der Waals surface area (Å²) in [6.45, 7) is 11.1. The minimum Gasteiger partial charge on any atom is -0.371 e. The molecule has 0 spiro atoms. The monoisotopic (exact) mass is 266 g/mol. The molecule has 0 radical (unpaired) electrons. The predicted molar refractivity (Wildman–Crippen MR) is 81.3 cm³/mol. The molecule has 0 aromatic heterocycles. The summed E-state index contributed by atoms with van der Waals surface area (Å²) in [6, 6.07) is 5.43. The van der Waals surface area contributed by atoms with Crippen LogP contribution in [0.1, 0.15) is 52.1 Å². The Morgan fingerprint density at radius 1 is 1.26 bits per heavy atom. The van der Waals surface area contributed by atoms with Crippen LogP contribution in [0.3, 0.4) is 0 Å². The van der Waals surface area contributed by atoms with Gasteiger partial charge in [0.1, 0.15) is 5.82 Å². The molecule has 1 rings (SSSR count). The SMILES string of the molecule is CCCCN(CC)c1cccc(F)c1C(C)NCC. The van der Waals surface area contributed by atoms with E-state index < -0.39 is 0 Å². The summed E-state index contributed by atoms with van der Waals surface area (Å²) >= 11 is 0. The van der Waals surface area contributed by atoms with E-state index in [-0.39, 0.29) is 11.9 Å². The first kappa shape index (κ1) is 16.0. The molecule has 19 heavy (non-hydrogen) atoms. The number of nitrogens with zero attached hydrogens (tertiary/aromatic N) is 1. The van der Waals surface area contributed by atoms with Gasteiger partial charge in [0.2, 0.25) is 0 Å². The van der Waals surface area contributed by atoms with Crippen LogP contribution in [0.4, 0.5) is 10.1 Å². The second kappa shape index (κ2) is 8.16. The number of hydrogen-bond donors (Lipinski definition) is 1. The Morgan fingerprint density at radius 3 is 2.58 bits per heavy atom. The molecule has 0 aliphatic heterocycles. The molecule has 108 valence electrons. The van der Waals surface area contributed by atoms with Crippen LogP contribution >= 0.6 is 0 Å². The highest BCUT2D eigenvalue weighted by atomic mass is 19.1. The van der Waals surface area contributed by atoms with Crippen molar-refractivity contribution < 1.29 is 4.39 Å². The highest BCUT2D eigenvalue weighted by Gasteiger charge is 2.18. The average Bonchev–Trinajstić information content (AvgIpc) is 2.40. The Balaban J connectivity index is 3.06. The first-order valence-electron chi connectivity index (χ1n) is 7.42.